The summed E-state index contributed by atoms with van der Waals surface area (Å²) in [5.41, 5.74) is 0. The van der Waals surface area contributed by atoms with Crippen molar-refractivity contribution in [3.63, 3.8) is 0 Å². The Labute approximate surface area is 146 Å². The van der Waals surface area contributed by atoms with E-state index in [0.717, 1.165) is 19.6 Å². The molecule has 0 aliphatic heterocycles. The minimum Gasteiger partial charge on any atom is -0.380 e. The van der Waals surface area contributed by atoms with Crippen molar-refractivity contribution in [2.24, 2.45) is 10.9 Å². The maximum Gasteiger partial charge on any atom is 0.191 e. The van der Waals surface area contributed by atoms with E-state index in [4.69, 9.17) is 4.74 Å². The Morgan fingerprint density at radius 3 is 2.43 bits per heavy atom. The summed E-state index contributed by atoms with van der Waals surface area (Å²) in [7, 11) is -2.95. The molecular formula is C13H30IN3O3S. The molecule has 2 N–H and O–H groups in total. The van der Waals surface area contributed by atoms with Gasteiger partial charge < -0.3 is 15.4 Å². The average molecular weight is 435 g/mol. The van der Waals surface area contributed by atoms with Crippen molar-refractivity contribution in [3.05, 3.63) is 0 Å². The Morgan fingerprint density at radius 1 is 1.24 bits per heavy atom. The van der Waals surface area contributed by atoms with E-state index < -0.39 is 9.84 Å². The van der Waals surface area contributed by atoms with E-state index in [2.05, 4.69) is 29.5 Å². The molecule has 0 aliphatic rings. The number of halogens is 1. The molecule has 0 spiro atoms. The highest BCUT2D eigenvalue weighted by Crippen LogP contribution is 1.98. The highest BCUT2D eigenvalue weighted by molar-refractivity contribution is 14.0. The number of aliphatic imine (C=N–C) groups is 1. The Morgan fingerprint density at radius 2 is 1.90 bits per heavy atom. The van der Waals surface area contributed by atoms with Gasteiger partial charge in [0, 0.05) is 26.0 Å². The predicted octanol–water partition coefficient (Wildman–Crippen LogP) is 1.27. The van der Waals surface area contributed by atoms with Crippen LogP contribution in [0.4, 0.5) is 0 Å². The maximum absolute atomic E-state index is 11.0. The molecule has 0 atom stereocenters. The SMILES string of the molecule is CCNC(=NCCOCCC(C)C)NCCS(C)(=O)=O.I. The van der Waals surface area contributed by atoms with Crippen LogP contribution in [0.15, 0.2) is 4.99 Å². The first-order valence-electron chi connectivity index (χ1n) is 7.12. The summed E-state index contributed by atoms with van der Waals surface area (Å²) in [6.45, 7) is 9.28. The fourth-order valence-corrected chi connectivity index (χ4v) is 1.81. The number of ether oxygens (including phenoxy) is 1. The van der Waals surface area contributed by atoms with Gasteiger partial charge >= 0.3 is 0 Å². The standard InChI is InChI=1S/C13H29N3O3S.HI/c1-5-14-13(16-8-11-20(4,17)18)15-7-10-19-9-6-12(2)3;/h12H,5-11H2,1-4H3,(H2,14,15,16);1H. The van der Waals surface area contributed by atoms with Gasteiger partial charge in [0.1, 0.15) is 9.84 Å². The van der Waals surface area contributed by atoms with Crippen molar-refractivity contribution >= 4 is 39.8 Å². The molecule has 0 rings (SSSR count). The maximum atomic E-state index is 11.0. The van der Waals surface area contributed by atoms with Gasteiger partial charge in [-0.25, -0.2) is 8.42 Å². The minimum absolute atomic E-state index is 0. The summed E-state index contributed by atoms with van der Waals surface area (Å²) in [4.78, 5) is 4.32. The van der Waals surface area contributed by atoms with Gasteiger partial charge in [0.25, 0.3) is 0 Å². The number of nitrogens with one attached hydrogen (secondary N) is 2. The third kappa shape index (κ3) is 17.9. The number of sulfone groups is 1. The van der Waals surface area contributed by atoms with Crippen molar-refractivity contribution in [1.82, 2.24) is 10.6 Å². The summed E-state index contributed by atoms with van der Waals surface area (Å²) in [5, 5.41) is 6.06. The molecule has 0 amide bonds. The van der Waals surface area contributed by atoms with Crippen molar-refractivity contribution in [2.75, 3.05) is 44.9 Å². The predicted molar refractivity (Wildman–Crippen MR) is 99.4 cm³/mol. The van der Waals surface area contributed by atoms with Gasteiger partial charge in [0.2, 0.25) is 0 Å². The molecule has 0 aliphatic carbocycles. The second kappa shape index (κ2) is 13.6. The van der Waals surface area contributed by atoms with Crippen LogP contribution in [-0.4, -0.2) is 59.2 Å². The third-order valence-corrected chi connectivity index (χ3v) is 3.40. The van der Waals surface area contributed by atoms with Crippen LogP contribution in [-0.2, 0) is 14.6 Å². The van der Waals surface area contributed by atoms with Crippen molar-refractivity contribution in [3.8, 4) is 0 Å². The monoisotopic (exact) mass is 435 g/mol. The molecule has 0 saturated heterocycles. The molecule has 0 radical (unpaired) electrons. The van der Waals surface area contributed by atoms with E-state index in [1.807, 2.05) is 6.92 Å². The van der Waals surface area contributed by atoms with E-state index >= 15 is 0 Å². The topological polar surface area (TPSA) is 79.8 Å². The lowest BCUT2D eigenvalue weighted by atomic mass is 10.1. The van der Waals surface area contributed by atoms with Crippen LogP contribution in [0.5, 0.6) is 0 Å². The zero-order valence-electron chi connectivity index (χ0n) is 13.5. The summed E-state index contributed by atoms with van der Waals surface area (Å²) >= 11 is 0. The molecule has 0 bridgehead atoms. The van der Waals surface area contributed by atoms with E-state index in [-0.39, 0.29) is 29.7 Å². The molecule has 21 heavy (non-hydrogen) atoms. The molecule has 128 valence electrons. The van der Waals surface area contributed by atoms with Crippen LogP contribution >= 0.6 is 24.0 Å². The molecule has 0 aromatic heterocycles. The van der Waals surface area contributed by atoms with Gasteiger partial charge in [-0.3, -0.25) is 4.99 Å². The lowest BCUT2D eigenvalue weighted by Gasteiger charge is -2.11. The number of hydrogen-bond acceptors (Lipinski definition) is 4. The highest BCUT2D eigenvalue weighted by Gasteiger charge is 2.02. The zero-order valence-corrected chi connectivity index (χ0v) is 16.7. The molecule has 0 aromatic carbocycles. The molecule has 0 aromatic rings. The Kier molecular flexibility index (Phi) is 15.0. The average Bonchev–Trinajstić information content (AvgIpc) is 2.31. The second-order valence-electron chi connectivity index (χ2n) is 5.11. The van der Waals surface area contributed by atoms with Gasteiger partial charge in [-0.05, 0) is 19.3 Å². The van der Waals surface area contributed by atoms with Gasteiger partial charge in [-0.1, -0.05) is 13.8 Å². The van der Waals surface area contributed by atoms with Crippen LogP contribution in [0.1, 0.15) is 27.2 Å². The number of hydrogen-bond donors (Lipinski definition) is 2. The normalized spacial score (nSPS) is 12.1. The molecule has 0 saturated carbocycles. The van der Waals surface area contributed by atoms with Gasteiger partial charge in [-0.15, -0.1) is 24.0 Å². The van der Waals surface area contributed by atoms with E-state index in [0.29, 0.717) is 31.6 Å². The third-order valence-electron chi connectivity index (χ3n) is 2.45. The summed E-state index contributed by atoms with van der Waals surface area (Å²) in [5.74, 6) is 1.37. The van der Waals surface area contributed by atoms with Gasteiger partial charge in [0.15, 0.2) is 5.96 Å². The molecule has 8 heteroatoms. The lowest BCUT2D eigenvalue weighted by Crippen LogP contribution is -2.39. The Bertz CT molecular complexity index is 373. The van der Waals surface area contributed by atoms with Gasteiger partial charge in [0.05, 0.1) is 18.9 Å². The first kappa shape index (κ1) is 23.2. The van der Waals surface area contributed by atoms with Crippen LogP contribution in [0.25, 0.3) is 0 Å². The molecule has 0 heterocycles. The fourth-order valence-electron chi connectivity index (χ4n) is 1.34. The first-order chi connectivity index (χ1) is 9.35. The fraction of sp³-hybridized carbons (Fsp3) is 0.923. The molecule has 0 fully saturated rings. The number of guanidine groups is 1. The van der Waals surface area contributed by atoms with Gasteiger partial charge in [-0.2, -0.15) is 0 Å². The van der Waals surface area contributed by atoms with E-state index in [9.17, 15) is 8.42 Å². The summed E-state index contributed by atoms with van der Waals surface area (Å²) < 4.78 is 27.5. The molecule has 0 unspecified atom stereocenters. The summed E-state index contributed by atoms with van der Waals surface area (Å²) in [6.07, 6.45) is 2.28. The second-order valence-corrected chi connectivity index (χ2v) is 7.37. The lowest BCUT2D eigenvalue weighted by molar-refractivity contribution is 0.130. The van der Waals surface area contributed by atoms with Crippen molar-refractivity contribution in [1.29, 1.82) is 0 Å². The first-order valence-corrected chi connectivity index (χ1v) is 9.19. The van der Waals surface area contributed by atoms with Crippen LogP contribution in [0.3, 0.4) is 0 Å². The molecule has 6 nitrogen and oxygen atoms in total. The van der Waals surface area contributed by atoms with E-state index in [1.165, 1.54) is 6.26 Å². The van der Waals surface area contributed by atoms with E-state index in [1.54, 1.807) is 0 Å². The highest BCUT2D eigenvalue weighted by atomic mass is 127. The largest absolute Gasteiger partial charge is 0.380 e. The molecular weight excluding hydrogens is 405 g/mol. The Balaban J connectivity index is 0. The Hall–Kier alpha value is -0.0900. The smallest absolute Gasteiger partial charge is 0.191 e. The number of nitrogens with zero attached hydrogens (tertiary/aromatic N) is 1. The van der Waals surface area contributed by atoms with Crippen LogP contribution in [0, 0.1) is 5.92 Å². The van der Waals surface area contributed by atoms with Crippen molar-refractivity contribution in [2.45, 2.75) is 27.2 Å². The quantitative estimate of drug-likeness (QED) is 0.234. The van der Waals surface area contributed by atoms with Crippen LogP contribution < -0.4 is 10.6 Å². The van der Waals surface area contributed by atoms with Crippen molar-refractivity contribution < 1.29 is 13.2 Å². The number of rotatable bonds is 10. The minimum atomic E-state index is -2.95. The van der Waals surface area contributed by atoms with Crippen LogP contribution in [0.2, 0.25) is 0 Å². The summed E-state index contributed by atoms with van der Waals surface area (Å²) in [6, 6.07) is 0. The zero-order chi connectivity index (χ0) is 15.4.